The summed E-state index contributed by atoms with van der Waals surface area (Å²) >= 11 is 6.03. The van der Waals surface area contributed by atoms with Gasteiger partial charge in [0.2, 0.25) is 0 Å². The molecule has 0 amide bonds. The van der Waals surface area contributed by atoms with E-state index < -0.39 is 11.2 Å². The molecule has 0 spiro atoms. The first-order chi connectivity index (χ1) is 16.1. The van der Waals surface area contributed by atoms with Crippen LogP contribution in [0.2, 0.25) is 5.02 Å². The van der Waals surface area contributed by atoms with Gasteiger partial charge in [0, 0.05) is 5.02 Å². The third kappa shape index (κ3) is 3.64. The second-order valence-corrected chi connectivity index (χ2v) is 7.82. The fraction of sp³-hybridized carbons (Fsp3) is 0.0833. The highest BCUT2D eigenvalue weighted by Gasteiger charge is 2.20. The highest BCUT2D eigenvalue weighted by Crippen LogP contribution is 2.18. The van der Waals surface area contributed by atoms with E-state index in [0.29, 0.717) is 22.0 Å². The molecule has 0 N–H and O–H groups in total. The Kier molecular flexibility index (Phi) is 5.17. The molecule has 3 aromatic heterocycles. The zero-order valence-corrected chi connectivity index (χ0v) is 17.9. The van der Waals surface area contributed by atoms with Crippen molar-refractivity contribution in [3.63, 3.8) is 0 Å². The maximum Gasteiger partial charge on any atom is 0.337 e. The van der Waals surface area contributed by atoms with Gasteiger partial charge in [-0.3, -0.25) is 9.36 Å². The van der Waals surface area contributed by atoms with Crippen molar-refractivity contribution in [1.29, 1.82) is 5.26 Å². The number of aromatic nitrogens is 4. The van der Waals surface area contributed by atoms with E-state index in [9.17, 15) is 14.9 Å². The average Bonchev–Trinajstić information content (AvgIpc) is 3.49. The van der Waals surface area contributed by atoms with Crippen LogP contribution >= 0.6 is 11.6 Å². The van der Waals surface area contributed by atoms with Crippen LogP contribution in [0.25, 0.3) is 16.9 Å². The molecular formula is C24H16ClN5O3. The second-order valence-electron chi connectivity index (χ2n) is 7.38. The number of fused-ring (bicyclic) bond motifs is 1. The van der Waals surface area contributed by atoms with Gasteiger partial charge in [-0.1, -0.05) is 29.8 Å². The molecule has 0 fully saturated rings. The molecule has 9 heteroatoms. The average molecular weight is 458 g/mol. The number of furan rings is 1. The fourth-order valence-electron chi connectivity index (χ4n) is 3.77. The molecule has 0 aliphatic carbocycles. The van der Waals surface area contributed by atoms with Crippen molar-refractivity contribution in [1.82, 2.24) is 18.7 Å². The van der Waals surface area contributed by atoms with Crippen LogP contribution in [0.1, 0.15) is 16.9 Å². The third-order valence-electron chi connectivity index (χ3n) is 5.36. The fourth-order valence-corrected chi connectivity index (χ4v) is 3.90. The lowest BCUT2D eigenvalue weighted by molar-refractivity contribution is 0.482. The van der Waals surface area contributed by atoms with E-state index in [1.807, 2.05) is 12.1 Å². The van der Waals surface area contributed by atoms with E-state index in [2.05, 4.69) is 11.1 Å². The molecule has 5 rings (SSSR count). The monoisotopic (exact) mass is 457 g/mol. The Morgan fingerprint density at radius 2 is 1.79 bits per heavy atom. The number of benzene rings is 2. The molecule has 0 saturated heterocycles. The standard InChI is InChI=1S/C24H16ClN5O3/c25-18-7-9-19(10-8-18)30-22-21(23(31)29(24(30)32)14-20-6-3-11-33-20)28(15-27-22)13-17-5-2-1-4-16(17)12-26/h1-11,15H,13-14H2. The van der Waals surface area contributed by atoms with Crippen LogP contribution in [0, 0.1) is 11.3 Å². The van der Waals surface area contributed by atoms with E-state index in [1.54, 1.807) is 53.1 Å². The molecule has 0 unspecified atom stereocenters. The first-order valence-electron chi connectivity index (χ1n) is 10.0. The summed E-state index contributed by atoms with van der Waals surface area (Å²) in [4.78, 5) is 31.3. The van der Waals surface area contributed by atoms with Crippen LogP contribution in [0.15, 0.2) is 87.3 Å². The molecule has 0 atom stereocenters. The molecule has 2 aromatic carbocycles. The summed E-state index contributed by atoms with van der Waals surface area (Å²) in [5.41, 5.74) is 1.17. The molecule has 162 valence electrons. The number of imidazole rings is 1. The normalized spacial score (nSPS) is 11.0. The quantitative estimate of drug-likeness (QED) is 0.402. The van der Waals surface area contributed by atoms with Crippen LogP contribution in [0.4, 0.5) is 0 Å². The highest BCUT2D eigenvalue weighted by molar-refractivity contribution is 6.30. The number of hydrogen-bond donors (Lipinski definition) is 0. The van der Waals surface area contributed by atoms with E-state index in [4.69, 9.17) is 16.0 Å². The van der Waals surface area contributed by atoms with Gasteiger partial charge in [-0.2, -0.15) is 5.26 Å². The summed E-state index contributed by atoms with van der Waals surface area (Å²) in [5, 5.41) is 9.97. The Hall–Kier alpha value is -4.35. The smallest absolute Gasteiger partial charge is 0.337 e. The molecule has 0 aliphatic rings. The maximum absolute atomic E-state index is 13.5. The topological polar surface area (TPSA) is 98.8 Å². The SMILES string of the molecule is N#Cc1ccccc1Cn1cnc2c1c(=O)n(Cc1ccco1)c(=O)n2-c1ccc(Cl)cc1. The summed E-state index contributed by atoms with van der Waals surface area (Å²) in [6.45, 7) is 0.212. The summed E-state index contributed by atoms with van der Waals surface area (Å²) < 4.78 is 9.52. The van der Waals surface area contributed by atoms with Crippen LogP contribution in [0.5, 0.6) is 0 Å². The van der Waals surface area contributed by atoms with Crippen molar-refractivity contribution in [3.8, 4) is 11.8 Å². The molecule has 8 nitrogen and oxygen atoms in total. The lowest BCUT2D eigenvalue weighted by Gasteiger charge is -2.12. The molecular weight excluding hydrogens is 442 g/mol. The van der Waals surface area contributed by atoms with Crippen molar-refractivity contribution < 1.29 is 4.42 Å². The van der Waals surface area contributed by atoms with E-state index in [1.165, 1.54) is 17.2 Å². The highest BCUT2D eigenvalue weighted by atomic mass is 35.5. The Labute approximate surface area is 192 Å². The summed E-state index contributed by atoms with van der Waals surface area (Å²) in [7, 11) is 0. The molecule has 0 saturated carbocycles. The van der Waals surface area contributed by atoms with E-state index in [-0.39, 0.29) is 24.3 Å². The Morgan fingerprint density at radius 3 is 2.52 bits per heavy atom. The predicted molar refractivity (Wildman–Crippen MR) is 123 cm³/mol. The van der Waals surface area contributed by atoms with Crippen LogP contribution in [-0.4, -0.2) is 18.7 Å². The van der Waals surface area contributed by atoms with Gasteiger partial charge < -0.3 is 8.98 Å². The number of nitriles is 1. The summed E-state index contributed by atoms with van der Waals surface area (Å²) in [5.74, 6) is 0.470. The number of halogens is 1. The maximum atomic E-state index is 13.5. The van der Waals surface area contributed by atoms with Gasteiger partial charge >= 0.3 is 5.69 Å². The van der Waals surface area contributed by atoms with Gasteiger partial charge in [0.15, 0.2) is 11.2 Å². The first-order valence-corrected chi connectivity index (χ1v) is 10.4. The second kappa shape index (κ2) is 8.30. The lowest BCUT2D eigenvalue weighted by atomic mass is 10.1. The van der Waals surface area contributed by atoms with E-state index >= 15 is 0 Å². The first kappa shape index (κ1) is 20.5. The van der Waals surface area contributed by atoms with Gasteiger partial charge in [-0.15, -0.1) is 0 Å². The zero-order chi connectivity index (χ0) is 22.9. The Morgan fingerprint density at radius 1 is 1.00 bits per heavy atom. The van der Waals surface area contributed by atoms with E-state index in [0.717, 1.165) is 10.1 Å². The molecule has 5 aromatic rings. The van der Waals surface area contributed by atoms with Crippen molar-refractivity contribution in [3.05, 3.63) is 116 Å². The minimum absolute atomic E-state index is 0.0336. The Bertz CT molecular complexity index is 1620. The van der Waals surface area contributed by atoms with Crippen molar-refractivity contribution >= 4 is 22.8 Å². The minimum atomic E-state index is -0.547. The largest absolute Gasteiger partial charge is 0.467 e. The molecule has 33 heavy (non-hydrogen) atoms. The third-order valence-corrected chi connectivity index (χ3v) is 5.61. The number of rotatable bonds is 5. The predicted octanol–water partition coefficient (Wildman–Crippen LogP) is 3.56. The molecule has 3 heterocycles. The molecule has 0 aliphatic heterocycles. The molecule has 0 bridgehead atoms. The number of hydrogen-bond acceptors (Lipinski definition) is 5. The van der Waals surface area contributed by atoms with Crippen molar-refractivity contribution in [2.45, 2.75) is 13.1 Å². The number of nitrogens with zero attached hydrogens (tertiary/aromatic N) is 5. The Balaban J connectivity index is 1.77. The summed E-state index contributed by atoms with van der Waals surface area (Å²) in [6.07, 6.45) is 2.99. The van der Waals surface area contributed by atoms with Crippen molar-refractivity contribution in [2.75, 3.05) is 0 Å². The minimum Gasteiger partial charge on any atom is -0.467 e. The zero-order valence-electron chi connectivity index (χ0n) is 17.2. The van der Waals surface area contributed by atoms with Gasteiger partial charge in [0.05, 0.1) is 43.0 Å². The van der Waals surface area contributed by atoms with Crippen LogP contribution in [-0.2, 0) is 13.1 Å². The van der Waals surface area contributed by atoms with Crippen LogP contribution < -0.4 is 11.2 Å². The van der Waals surface area contributed by atoms with Gasteiger partial charge in [0.1, 0.15) is 5.76 Å². The lowest BCUT2D eigenvalue weighted by Crippen LogP contribution is -2.40. The van der Waals surface area contributed by atoms with Gasteiger partial charge in [0.25, 0.3) is 5.56 Å². The summed E-state index contributed by atoms with van der Waals surface area (Å²) in [6, 6.07) is 19.4. The molecule has 0 radical (unpaired) electrons. The van der Waals surface area contributed by atoms with Gasteiger partial charge in [-0.05, 0) is 48.0 Å². The van der Waals surface area contributed by atoms with Crippen LogP contribution in [0.3, 0.4) is 0 Å². The van der Waals surface area contributed by atoms with Crippen molar-refractivity contribution in [2.24, 2.45) is 0 Å². The van der Waals surface area contributed by atoms with Gasteiger partial charge in [-0.25, -0.2) is 14.3 Å².